The molecule has 1 aliphatic heterocycles. The molecule has 1 fully saturated rings. The molecule has 10 nitrogen and oxygen atoms in total. The van der Waals surface area contributed by atoms with E-state index in [1.807, 2.05) is 61.5 Å². The van der Waals surface area contributed by atoms with Gasteiger partial charge in [-0.25, -0.2) is 14.8 Å². The molecular formula is C34H30N4O6S. The number of aliphatic hydroxyl groups excluding tert-OH is 1. The first-order valence-corrected chi connectivity index (χ1v) is 15.3. The van der Waals surface area contributed by atoms with Gasteiger partial charge in [0, 0.05) is 29.1 Å². The molecule has 3 N–H and O–H groups in total. The average molecular weight is 623 g/mol. The number of aromatic nitrogens is 3. The lowest BCUT2D eigenvalue weighted by atomic mass is 9.91. The van der Waals surface area contributed by atoms with Crippen molar-refractivity contribution in [3.05, 3.63) is 125 Å². The quantitative estimate of drug-likeness (QED) is 0.166. The number of fused-ring (bicyclic) bond motifs is 1. The van der Waals surface area contributed by atoms with Gasteiger partial charge in [0.1, 0.15) is 10.7 Å². The fourth-order valence-electron chi connectivity index (χ4n) is 5.16. The molecular weight excluding hydrogens is 592 g/mol. The van der Waals surface area contributed by atoms with Crippen LogP contribution in [0.4, 0.5) is 5.69 Å². The van der Waals surface area contributed by atoms with Crippen molar-refractivity contribution in [2.24, 2.45) is 5.92 Å². The molecule has 2 aromatic heterocycles. The second kappa shape index (κ2) is 13.5. The number of carbonyl (C=O) groups is 2. The number of para-hydroxylation sites is 2. The average Bonchev–Trinajstić information content (AvgIpc) is 3.08. The molecule has 0 radical (unpaired) electrons. The second-order valence-electron chi connectivity index (χ2n) is 10.6. The van der Waals surface area contributed by atoms with Crippen LogP contribution >= 0.6 is 11.8 Å². The summed E-state index contributed by atoms with van der Waals surface area (Å²) >= 11 is 1.32. The number of nitrogens with zero attached hydrogens (tertiary/aromatic N) is 3. The smallest absolute Gasteiger partial charge is 0.338 e. The third kappa shape index (κ3) is 6.86. The number of carboxylic acids is 1. The van der Waals surface area contributed by atoms with Crippen molar-refractivity contribution < 1.29 is 29.3 Å². The Morgan fingerprint density at radius 3 is 2.49 bits per heavy atom. The molecule has 5 aromatic rings. The fraction of sp³-hybridized carbons (Fsp3) is 0.206. The van der Waals surface area contributed by atoms with Gasteiger partial charge in [-0.2, -0.15) is 0 Å². The van der Waals surface area contributed by atoms with Crippen molar-refractivity contribution in [1.82, 2.24) is 15.0 Å². The number of carboxylic acid groups (broad SMARTS) is 1. The zero-order valence-electron chi connectivity index (χ0n) is 24.2. The van der Waals surface area contributed by atoms with E-state index in [2.05, 4.69) is 20.3 Å². The van der Waals surface area contributed by atoms with E-state index in [-0.39, 0.29) is 36.0 Å². The van der Waals surface area contributed by atoms with E-state index < -0.39 is 18.2 Å². The van der Waals surface area contributed by atoms with Crippen molar-refractivity contribution in [1.29, 1.82) is 0 Å². The summed E-state index contributed by atoms with van der Waals surface area (Å²) in [6.07, 6.45) is 1.53. The molecule has 6 rings (SSSR count). The predicted octanol–water partition coefficient (Wildman–Crippen LogP) is 6.05. The predicted molar refractivity (Wildman–Crippen MR) is 169 cm³/mol. The van der Waals surface area contributed by atoms with Crippen molar-refractivity contribution in [2.45, 2.75) is 37.1 Å². The molecule has 3 heterocycles. The molecule has 0 unspecified atom stereocenters. The van der Waals surface area contributed by atoms with Gasteiger partial charge in [0.15, 0.2) is 6.29 Å². The molecule has 1 amide bonds. The summed E-state index contributed by atoms with van der Waals surface area (Å²) in [5.74, 6) is -1.12. The van der Waals surface area contributed by atoms with Crippen molar-refractivity contribution >= 4 is 40.4 Å². The molecule has 3 aromatic carbocycles. The highest BCUT2D eigenvalue weighted by Gasteiger charge is 2.38. The normalized spacial score (nSPS) is 19.7. The van der Waals surface area contributed by atoms with E-state index in [9.17, 15) is 19.8 Å². The van der Waals surface area contributed by atoms with E-state index >= 15 is 0 Å². The third-order valence-corrected chi connectivity index (χ3v) is 8.70. The topological polar surface area (TPSA) is 144 Å². The van der Waals surface area contributed by atoms with Crippen LogP contribution in [0.1, 0.15) is 56.9 Å². The van der Waals surface area contributed by atoms with E-state index in [4.69, 9.17) is 9.47 Å². The lowest BCUT2D eigenvalue weighted by Gasteiger charge is -2.41. The van der Waals surface area contributed by atoms with Gasteiger partial charge in [0.05, 0.1) is 41.6 Å². The number of aliphatic hydroxyl groups is 1. The Bertz CT molecular complexity index is 1840. The van der Waals surface area contributed by atoms with E-state index in [0.29, 0.717) is 33.1 Å². The van der Waals surface area contributed by atoms with Crippen molar-refractivity contribution in [2.75, 3.05) is 11.1 Å². The van der Waals surface area contributed by atoms with Gasteiger partial charge in [-0.3, -0.25) is 9.78 Å². The maximum atomic E-state index is 13.1. The van der Waals surface area contributed by atoms with Gasteiger partial charge in [0.25, 0.3) is 5.91 Å². The zero-order chi connectivity index (χ0) is 31.3. The van der Waals surface area contributed by atoms with Crippen LogP contribution in [0.2, 0.25) is 0 Å². The minimum absolute atomic E-state index is 0.0638. The fourth-order valence-corrected chi connectivity index (χ4v) is 6.31. The summed E-state index contributed by atoms with van der Waals surface area (Å²) in [7, 11) is 0. The van der Waals surface area contributed by atoms with E-state index in [0.717, 1.165) is 11.1 Å². The molecule has 0 bridgehead atoms. The number of anilines is 1. The number of thioether (sulfide) groups is 1. The lowest BCUT2D eigenvalue weighted by Crippen LogP contribution is -2.38. The summed E-state index contributed by atoms with van der Waals surface area (Å²) in [5.41, 5.74) is 4.59. The van der Waals surface area contributed by atoms with Crippen molar-refractivity contribution in [3.63, 3.8) is 0 Å². The second-order valence-corrected chi connectivity index (χ2v) is 11.6. The number of hydrogen-bond donors (Lipinski definition) is 3. The number of hydrogen-bond acceptors (Lipinski definition) is 9. The molecule has 45 heavy (non-hydrogen) atoms. The van der Waals surface area contributed by atoms with Gasteiger partial charge in [0.2, 0.25) is 0 Å². The van der Waals surface area contributed by atoms with Crippen LogP contribution in [0, 0.1) is 5.92 Å². The largest absolute Gasteiger partial charge is 0.478 e. The van der Waals surface area contributed by atoms with Crippen LogP contribution in [-0.2, 0) is 16.1 Å². The maximum absolute atomic E-state index is 13.1. The highest BCUT2D eigenvalue weighted by Crippen LogP contribution is 2.43. The zero-order valence-corrected chi connectivity index (χ0v) is 25.1. The Morgan fingerprint density at radius 1 is 0.911 bits per heavy atom. The van der Waals surface area contributed by atoms with Gasteiger partial charge >= 0.3 is 5.97 Å². The SMILES string of the molecule is C[C@@H]1[C@H](CSc2ncccc2C(=O)O)O[C@H](c2cccc(NC(=O)c3cnc4ccccc4n3)c2)O[C@@H]1c1ccc(CO)cc1. The van der Waals surface area contributed by atoms with E-state index in [1.165, 1.54) is 24.0 Å². The molecule has 0 spiro atoms. The van der Waals surface area contributed by atoms with Gasteiger partial charge in [-0.1, -0.05) is 55.5 Å². The Hall–Kier alpha value is -4.68. The number of ether oxygens (including phenoxy) is 2. The highest BCUT2D eigenvalue weighted by atomic mass is 32.2. The Kier molecular flexibility index (Phi) is 9.13. The first-order chi connectivity index (χ1) is 21.9. The molecule has 1 aliphatic rings. The molecule has 11 heteroatoms. The minimum atomic E-state index is -1.04. The highest BCUT2D eigenvalue weighted by molar-refractivity contribution is 7.99. The van der Waals surface area contributed by atoms with Crippen LogP contribution < -0.4 is 5.32 Å². The molecule has 1 saturated heterocycles. The number of carbonyl (C=O) groups excluding carboxylic acids is 1. The molecule has 228 valence electrons. The Labute approximate surface area is 263 Å². The summed E-state index contributed by atoms with van der Waals surface area (Å²) < 4.78 is 13.0. The van der Waals surface area contributed by atoms with Crippen LogP contribution in [0.15, 0.2) is 102 Å². The van der Waals surface area contributed by atoms with Gasteiger partial charge in [-0.05, 0) is 47.5 Å². The minimum Gasteiger partial charge on any atom is -0.478 e. The monoisotopic (exact) mass is 622 g/mol. The summed E-state index contributed by atoms with van der Waals surface area (Å²) in [4.78, 5) is 37.9. The summed E-state index contributed by atoms with van der Waals surface area (Å²) in [6, 6.07) is 25.3. The molecule has 0 saturated carbocycles. The van der Waals surface area contributed by atoms with Crippen LogP contribution in [0.25, 0.3) is 11.0 Å². The number of aromatic carboxylic acids is 1. The first kappa shape index (κ1) is 30.4. The summed E-state index contributed by atoms with van der Waals surface area (Å²) in [5, 5.41) is 22.5. The van der Waals surface area contributed by atoms with Crippen LogP contribution in [0.3, 0.4) is 0 Å². The Morgan fingerprint density at radius 2 is 1.71 bits per heavy atom. The van der Waals surface area contributed by atoms with Gasteiger partial charge in [-0.15, -0.1) is 11.8 Å². The summed E-state index contributed by atoms with van der Waals surface area (Å²) in [6.45, 7) is 1.97. The number of pyridine rings is 1. The van der Waals surface area contributed by atoms with E-state index in [1.54, 1.807) is 30.5 Å². The number of rotatable bonds is 9. The molecule has 4 atom stereocenters. The first-order valence-electron chi connectivity index (χ1n) is 14.3. The lowest BCUT2D eigenvalue weighted by molar-refractivity contribution is -0.268. The maximum Gasteiger partial charge on any atom is 0.338 e. The Balaban J connectivity index is 1.25. The standard InChI is InChI=1S/C34H30N4O6S/c1-20-29(19-45-32-25(33(41)42)8-5-15-35-32)43-34(44-30(20)22-13-11-21(18-39)12-14-22)23-6-4-7-24(16-23)37-31(40)28-17-36-26-9-2-3-10-27(26)38-28/h2-17,20,29-30,34,39H,18-19H2,1H3,(H,37,40)(H,41,42)/t20-,29+,30+,34+/m1/s1. The van der Waals surface area contributed by atoms with Gasteiger partial charge < -0.3 is 25.0 Å². The van der Waals surface area contributed by atoms with Crippen LogP contribution in [-0.4, -0.2) is 48.9 Å². The van der Waals surface area contributed by atoms with Crippen molar-refractivity contribution in [3.8, 4) is 0 Å². The van der Waals surface area contributed by atoms with Crippen LogP contribution in [0.5, 0.6) is 0 Å². The third-order valence-electron chi connectivity index (χ3n) is 7.61. The number of benzene rings is 3. The number of amides is 1. The number of nitrogens with one attached hydrogen (secondary N) is 1. The molecule has 0 aliphatic carbocycles.